The van der Waals surface area contributed by atoms with Gasteiger partial charge in [0.15, 0.2) is 0 Å². The van der Waals surface area contributed by atoms with Crippen LogP contribution >= 0.6 is 0 Å². The molecule has 5 heteroatoms. The Hall–Kier alpha value is -1.52. The molecule has 1 heterocycles. The number of aromatic amines is 2. The van der Waals surface area contributed by atoms with Crippen molar-refractivity contribution in [3.8, 4) is 5.88 Å². The highest BCUT2D eigenvalue weighted by Gasteiger charge is 1.92. The minimum absolute atomic E-state index is 0.000370. The van der Waals surface area contributed by atoms with Gasteiger partial charge in [-0.25, -0.2) is 4.79 Å². The van der Waals surface area contributed by atoms with Crippen LogP contribution < -0.4 is 16.4 Å². The van der Waals surface area contributed by atoms with E-state index in [0.29, 0.717) is 0 Å². The van der Waals surface area contributed by atoms with Crippen LogP contribution in [0.1, 0.15) is 5.56 Å². The SMILES string of the molecule is Cc1c([O-])[nH]c(=O)[nH]c1=O. The molecule has 0 unspecified atom stereocenters. The molecule has 0 aliphatic heterocycles. The maximum absolute atomic E-state index is 10.6. The van der Waals surface area contributed by atoms with Crippen LogP contribution in [0.2, 0.25) is 0 Å². The van der Waals surface area contributed by atoms with E-state index in [0.717, 1.165) is 0 Å². The summed E-state index contributed by atoms with van der Waals surface area (Å²) in [7, 11) is 0. The molecule has 0 radical (unpaired) electrons. The first-order valence-electron chi connectivity index (χ1n) is 2.61. The van der Waals surface area contributed by atoms with Crippen LogP contribution in [0.25, 0.3) is 0 Å². The van der Waals surface area contributed by atoms with Crippen LogP contribution in [0.15, 0.2) is 9.59 Å². The molecule has 1 aromatic rings. The average Bonchev–Trinajstić information content (AvgIpc) is 1.82. The van der Waals surface area contributed by atoms with Crippen LogP contribution in [0.3, 0.4) is 0 Å². The Labute approximate surface area is 55.4 Å². The summed E-state index contributed by atoms with van der Waals surface area (Å²) in [5, 5.41) is 10.6. The van der Waals surface area contributed by atoms with Crippen molar-refractivity contribution < 1.29 is 5.11 Å². The van der Waals surface area contributed by atoms with E-state index in [4.69, 9.17) is 0 Å². The maximum Gasteiger partial charge on any atom is 0.325 e. The van der Waals surface area contributed by atoms with Gasteiger partial charge in [-0.2, -0.15) is 0 Å². The topological polar surface area (TPSA) is 88.8 Å². The lowest BCUT2D eigenvalue weighted by atomic mass is 10.4. The number of rotatable bonds is 0. The number of hydrogen-bond donors (Lipinski definition) is 2. The van der Waals surface area contributed by atoms with Gasteiger partial charge in [0.25, 0.3) is 5.56 Å². The second-order valence-electron chi connectivity index (χ2n) is 1.86. The second kappa shape index (κ2) is 2.02. The van der Waals surface area contributed by atoms with Gasteiger partial charge in [0.2, 0.25) is 0 Å². The molecule has 0 amide bonds. The minimum Gasteiger partial charge on any atom is -0.860 e. The number of H-pyrrole nitrogens is 2. The molecule has 0 atom stereocenters. The average molecular weight is 141 g/mol. The molecule has 0 bridgehead atoms. The van der Waals surface area contributed by atoms with Gasteiger partial charge < -0.3 is 10.1 Å². The Kier molecular flexibility index (Phi) is 1.33. The van der Waals surface area contributed by atoms with Gasteiger partial charge in [-0.05, 0) is 12.8 Å². The lowest BCUT2D eigenvalue weighted by molar-refractivity contribution is -0.276. The van der Waals surface area contributed by atoms with E-state index in [2.05, 4.69) is 0 Å². The second-order valence-corrected chi connectivity index (χ2v) is 1.86. The molecule has 5 nitrogen and oxygen atoms in total. The molecule has 2 N–H and O–H groups in total. The van der Waals surface area contributed by atoms with Crippen molar-refractivity contribution >= 4 is 0 Å². The number of nitrogens with one attached hydrogen (secondary N) is 2. The number of hydrogen-bond acceptors (Lipinski definition) is 3. The van der Waals surface area contributed by atoms with Crippen LogP contribution in [0.5, 0.6) is 5.88 Å². The van der Waals surface area contributed by atoms with Crippen LogP contribution in [0, 0.1) is 6.92 Å². The van der Waals surface area contributed by atoms with E-state index in [1.807, 2.05) is 9.97 Å². The van der Waals surface area contributed by atoms with Gasteiger partial charge in [0, 0.05) is 5.56 Å². The summed E-state index contributed by atoms with van der Waals surface area (Å²) in [6.07, 6.45) is 0. The van der Waals surface area contributed by atoms with Gasteiger partial charge in [0.1, 0.15) is 0 Å². The lowest BCUT2D eigenvalue weighted by Gasteiger charge is -2.05. The molecule has 0 aliphatic rings. The van der Waals surface area contributed by atoms with E-state index >= 15 is 0 Å². The number of aromatic nitrogens is 2. The first kappa shape index (κ1) is 6.60. The highest BCUT2D eigenvalue weighted by atomic mass is 16.3. The third kappa shape index (κ3) is 0.928. The van der Waals surface area contributed by atoms with E-state index in [1.165, 1.54) is 6.92 Å². The highest BCUT2D eigenvalue weighted by molar-refractivity contribution is 5.16. The molecular weight excluding hydrogens is 136 g/mol. The summed E-state index contributed by atoms with van der Waals surface area (Å²) in [4.78, 5) is 24.8. The summed E-state index contributed by atoms with van der Waals surface area (Å²) in [5.74, 6) is -0.631. The Morgan fingerprint density at radius 2 is 1.90 bits per heavy atom. The Morgan fingerprint density at radius 3 is 2.40 bits per heavy atom. The quantitative estimate of drug-likeness (QED) is 0.458. The van der Waals surface area contributed by atoms with Crippen molar-refractivity contribution in [1.29, 1.82) is 0 Å². The van der Waals surface area contributed by atoms with Crippen LogP contribution in [-0.4, -0.2) is 9.97 Å². The summed E-state index contributed by atoms with van der Waals surface area (Å²) in [5.41, 5.74) is -1.39. The standard InChI is InChI=1S/C5H6N2O3/c1-2-3(8)6-5(10)7-4(2)9/h1H3,(H3,6,7,8,9,10)/p-1. The van der Waals surface area contributed by atoms with Gasteiger partial charge in [-0.1, -0.05) is 0 Å². The van der Waals surface area contributed by atoms with E-state index < -0.39 is 17.1 Å². The molecule has 54 valence electrons. The predicted octanol–water partition coefficient (Wildman–Crippen LogP) is -1.55. The van der Waals surface area contributed by atoms with Gasteiger partial charge in [-0.3, -0.25) is 9.78 Å². The lowest BCUT2D eigenvalue weighted by Crippen LogP contribution is -2.25. The Balaban J connectivity index is 3.62. The third-order valence-electron chi connectivity index (χ3n) is 1.14. The van der Waals surface area contributed by atoms with Crippen molar-refractivity contribution in [2.24, 2.45) is 0 Å². The molecule has 0 saturated carbocycles. The molecule has 1 aromatic heterocycles. The van der Waals surface area contributed by atoms with Crippen LogP contribution in [0.4, 0.5) is 0 Å². The summed E-state index contributed by atoms with van der Waals surface area (Å²) < 4.78 is 0. The fourth-order valence-corrected chi connectivity index (χ4v) is 0.528. The molecule has 10 heavy (non-hydrogen) atoms. The molecule has 0 fully saturated rings. The van der Waals surface area contributed by atoms with Gasteiger partial charge in [-0.15, -0.1) is 0 Å². The molecule has 0 saturated heterocycles. The molecule has 0 aromatic carbocycles. The molecule has 0 spiro atoms. The summed E-state index contributed by atoms with van der Waals surface area (Å²) in [6, 6.07) is 0. The maximum atomic E-state index is 10.6. The normalized spacial score (nSPS) is 9.70. The minimum atomic E-state index is -0.763. The van der Waals surface area contributed by atoms with Gasteiger partial charge >= 0.3 is 5.69 Å². The zero-order valence-electron chi connectivity index (χ0n) is 5.22. The molecule has 1 rings (SSSR count). The Morgan fingerprint density at radius 1 is 1.30 bits per heavy atom. The predicted molar refractivity (Wildman–Crippen MR) is 31.9 cm³/mol. The molecular formula is C5H5N2O3-. The fraction of sp³-hybridized carbons (Fsp3) is 0.200. The first-order chi connectivity index (χ1) is 4.61. The third-order valence-corrected chi connectivity index (χ3v) is 1.14. The zero-order valence-corrected chi connectivity index (χ0v) is 5.22. The fourth-order valence-electron chi connectivity index (χ4n) is 0.528. The summed E-state index contributed by atoms with van der Waals surface area (Å²) >= 11 is 0. The monoisotopic (exact) mass is 141 g/mol. The van der Waals surface area contributed by atoms with E-state index in [9.17, 15) is 14.7 Å². The van der Waals surface area contributed by atoms with Crippen molar-refractivity contribution in [3.63, 3.8) is 0 Å². The van der Waals surface area contributed by atoms with Crippen molar-refractivity contribution in [2.75, 3.05) is 0 Å². The van der Waals surface area contributed by atoms with E-state index in [-0.39, 0.29) is 5.56 Å². The van der Waals surface area contributed by atoms with Crippen molar-refractivity contribution in [2.45, 2.75) is 6.92 Å². The Bertz CT molecular complexity index is 349. The first-order valence-corrected chi connectivity index (χ1v) is 2.61. The van der Waals surface area contributed by atoms with Crippen molar-refractivity contribution in [3.05, 3.63) is 26.4 Å². The van der Waals surface area contributed by atoms with Crippen LogP contribution in [-0.2, 0) is 0 Å². The van der Waals surface area contributed by atoms with Gasteiger partial charge in [0.05, 0.1) is 0 Å². The zero-order chi connectivity index (χ0) is 7.72. The van der Waals surface area contributed by atoms with E-state index in [1.54, 1.807) is 0 Å². The molecule has 0 aliphatic carbocycles. The van der Waals surface area contributed by atoms with Crippen molar-refractivity contribution in [1.82, 2.24) is 9.97 Å². The highest BCUT2D eigenvalue weighted by Crippen LogP contribution is 1.94. The largest absolute Gasteiger partial charge is 0.860 e. The summed E-state index contributed by atoms with van der Waals surface area (Å²) in [6.45, 7) is 1.34. The smallest absolute Gasteiger partial charge is 0.325 e.